The largest absolute Gasteiger partial charge is 0.373 e. The predicted octanol–water partition coefficient (Wildman–Crippen LogP) is 6.91. The number of carbonyl (C=O) groups is 1. The van der Waals surface area contributed by atoms with Gasteiger partial charge in [-0.1, -0.05) is 90.7 Å². The van der Waals surface area contributed by atoms with Gasteiger partial charge in [0.25, 0.3) is 0 Å². The second kappa shape index (κ2) is 10.7. The molecule has 0 amide bonds. The van der Waals surface area contributed by atoms with E-state index in [1.54, 1.807) is 0 Å². The molecule has 0 saturated heterocycles. The zero-order valence-electron chi connectivity index (χ0n) is 16.8. The van der Waals surface area contributed by atoms with Crippen molar-refractivity contribution in [1.82, 2.24) is 0 Å². The molecule has 0 aliphatic heterocycles. The quantitative estimate of drug-likeness (QED) is 0.434. The van der Waals surface area contributed by atoms with Gasteiger partial charge in [0.05, 0.1) is 5.56 Å². The number of hydrogen-bond acceptors (Lipinski definition) is 3. The van der Waals surface area contributed by atoms with Crippen molar-refractivity contribution in [2.24, 2.45) is 0 Å². The first-order chi connectivity index (χ1) is 12.5. The van der Waals surface area contributed by atoms with E-state index in [4.69, 9.17) is 9.78 Å². The van der Waals surface area contributed by atoms with Crippen molar-refractivity contribution in [2.45, 2.75) is 96.8 Å². The number of hydrogen-bond donors (Lipinski definition) is 0. The smallest absolute Gasteiger partial charge is 0.292 e. The first-order valence-corrected chi connectivity index (χ1v) is 10.3. The molecule has 0 N–H and O–H groups in total. The van der Waals surface area contributed by atoms with Gasteiger partial charge in [0.2, 0.25) is 0 Å². The van der Waals surface area contributed by atoms with Crippen LogP contribution in [-0.4, -0.2) is 5.97 Å². The maximum atomic E-state index is 12.3. The summed E-state index contributed by atoms with van der Waals surface area (Å²) in [6, 6.07) is 7.61. The van der Waals surface area contributed by atoms with Crippen molar-refractivity contribution in [3.63, 3.8) is 0 Å². The van der Waals surface area contributed by atoms with Crippen LogP contribution < -0.4 is 0 Å². The van der Waals surface area contributed by atoms with Crippen molar-refractivity contribution in [1.29, 1.82) is 0 Å². The Kier molecular flexibility index (Phi) is 8.64. The van der Waals surface area contributed by atoms with E-state index in [-0.39, 0.29) is 5.41 Å². The van der Waals surface area contributed by atoms with Crippen LogP contribution in [0, 0.1) is 6.10 Å². The summed E-state index contributed by atoms with van der Waals surface area (Å²) in [5.41, 5.74) is 1.80. The lowest BCUT2D eigenvalue weighted by Crippen LogP contribution is -2.13. The molecule has 0 bridgehead atoms. The summed E-state index contributed by atoms with van der Waals surface area (Å²) in [7, 11) is 0. The maximum absolute atomic E-state index is 12.3. The first-order valence-electron chi connectivity index (χ1n) is 10.3. The van der Waals surface area contributed by atoms with Crippen molar-refractivity contribution in [3.05, 3.63) is 41.5 Å². The molecule has 0 unspecified atom stereocenters. The highest BCUT2D eigenvalue weighted by atomic mass is 17.2. The third kappa shape index (κ3) is 7.49. The highest BCUT2D eigenvalue weighted by molar-refractivity contribution is 5.89. The molecule has 26 heavy (non-hydrogen) atoms. The Labute approximate surface area is 159 Å². The fourth-order valence-electron chi connectivity index (χ4n) is 3.34. The maximum Gasteiger partial charge on any atom is 0.373 e. The van der Waals surface area contributed by atoms with Crippen molar-refractivity contribution in [3.8, 4) is 0 Å². The van der Waals surface area contributed by atoms with Crippen LogP contribution in [0.5, 0.6) is 0 Å². The Morgan fingerprint density at radius 3 is 1.69 bits per heavy atom. The highest BCUT2D eigenvalue weighted by Crippen LogP contribution is 2.25. The third-order valence-corrected chi connectivity index (χ3v) is 5.13. The normalized spacial score (nSPS) is 18.6. The predicted molar refractivity (Wildman–Crippen MR) is 106 cm³/mol. The van der Waals surface area contributed by atoms with Gasteiger partial charge in [-0.05, 0) is 36.0 Å². The molecule has 0 aromatic heterocycles. The van der Waals surface area contributed by atoms with Gasteiger partial charge >= 0.3 is 5.97 Å². The zero-order valence-corrected chi connectivity index (χ0v) is 16.8. The second-order valence-corrected chi connectivity index (χ2v) is 8.50. The van der Waals surface area contributed by atoms with Crippen LogP contribution in [0.2, 0.25) is 0 Å². The van der Waals surface area contributed by atoms with E-state index in [2.05, 4.69) is 20.8 Å². The topological polar surface area (TPSA) is 35.5 Å². The number of benzene rings is 1. The molecule has 0 atom stereocenters. The highest BCUT2D eigenvalue weighted by Gasteiger charge is 2.18. The van der Waals surface area contributed by atoms with Crippen LogP contribution in [0.15, 0.2) is 24.3 Å². The zero-order chi connectivity index (χ0) is 18.8. The van der Waals surface area contributed by atoms with E-state index in [0.29, 0.717) is 5.56 Å². The van der Waals surface area contributed by atoms with E-state index < -0.39 is 5.97 Å². The van der Waals surface area contributed by atoms with Gasteiger partial charge < -0.3 is 0 Å². The van der Waals surface area contributed by atoms with Gasteiger partial charge in [-0.25, -0.2) is 4.79 Å². The minimum atomic E-state index is -0.413. The van der Waals surface area contributed by atoms with Crippen molar-refractivity contribution < 1.29 is 14.6 Å². The molecule has 2 rings (SSSR count). The van der Waals surface area contributed by atoms with E-state index >= 15 is 0 Å². The van der Waals surface area contributed by atoms with E-state index in [1.165, 1.54) is 50.5 Å². The van der Waals surface area contributed by atoms with Crippen LogP contribution in [0.1, 0.15) is 107 Å². The summed E-state index contributed by atoms with van der Waals surface area (Å²) in [4.78, 5) is 22.9. The van der Waals surface area contributed by atoms with Gasteiger partial charge in [0.15, 0.2) is 0 Å². The van der Waals surface area contributed by atoms with Crippen LogP contribution in [0.3, 0.4) is 0 Å². The third-order valence-electron chi connectivity index (χ3n) is 5.13. The Morgan fingerprint density at radius 1 is 0.769 bits per heavy atom. The standard InChI is InChI=1S/C23H35O3/c1-23(2,3)20-17-15-19(16-18-20)22(24)26-25-21-13-11-9-7-5-4-6-8-10-12-14-21/h15-18H,4-14H2,1-3H3. The summed E-state index contributed by atoms with van der Waals surface area (Å²) in [6.07, 6.45) is 14.1. The van der Waals surface area contributed by atoms with Crippen molar-refractivity contribution in [2.75, 3.05) is 0 Å². The molecule has 1 saturated carbocycles. The molecule has 0 spiro atoms. The lowest BCUT2D eigenvalue weighted by molar-refractivity contribution is -0.237. The molecule has 145 valence electrons. The van der Waals surface area contributed by atoms with Crippen LogP contribution >= 0.6 is 0 Å². The Hall–Kier alpha value is -1.35. The summed E-state index contributed by atoms with van der Waals surface area (Å²) < 4.78 is 0. The fourth-order valence-corrected chi connectivity index (χ4v) is 3.34. The molecule has 1 fully saturated rings. The average Bonchev–Trinajstić information content (AvgIpc) is 2.60. The van der Waals surface area contributed by atoms with Gasteiger partial charge in [-0.2, -0.15) is 4.89 Å². The van der Waals surface area contributed by atoms with E-state index in [9.17, 15) is 4.79 Å². The minimum Gasteiger partial charge on any atom is -0.292 e. The first kappa shape index (κ1) is 21.0. The molecule has 1 radical (unpaired) electrons. The number of rotatable bonds is 3. The molecule has 1 aliphatic rings. The Morgan fingerprint density at radius 2 is 1.23 bits per heavy atom. The van der Waals surface area contributed by atoms with Gasteiger partial charge in [0.1, 0.15) is 6.10 Å². The number of carbonyl (C=O) groups excluding carboxylic acids is 1. The SMILES string of the molecule is CC(C)(C)c1ccc(C(=O)OO[C]2CCCCCCCCCCC2)cc1. The molecule has 1 aromatic rings. The van der Waals surface area contributed by atoms with Gasteiger partial charge in [-0.3, -0.25) is 4.89 Å². The van der Waals surface area contributed by atoms with E-state index in [1.807, 2.05) is 24.3 Å². The Balaban J connectivity index is 1.83. The monoisotopic (exact) mass is 359 g/mol. The van der Waals surface area contributed by atoms with Gasteiger partial charge in [-0.15, -0.1) is 0 Å². The molecular formula is C23H35O3. The molecule has 1 aliphatic carbocycles. The van der Waals surface area contributed by atoms with Crippen LogP contribution in [-0.2, 0) is 15.2 Å². The lowest BCUT2D eigenvalue weighted by Gasteiger charge is -2.19. The second-order valence-electron chi connectivity index (χ2n) is 8.50. The summed E-state index contributed by atoms with van der Waals surface area (Å²) in [5.74, 6) is -0.413. The minimum absolute atomic E-state index is 0.0719. The molecule has 0 heterocycles. The fraction of sp³-hybridized carbons (Fsp3) is 0.652. The van der Waals surface area contributed by atoms with Crippen molar-refractivity contribution >= 4 is 5.97 Å². The van der Waals surface area contributed by atoms with Gasteiger partial charge in [0, 0.05) is 0 Å². The summed E-state index contributed by atoms with van der Waals surface area (Å²) in [5, 5.41) is 0. The lowest BCUT2D eigenvalue weighted by atomic mass is 9.87. The summed E-state index contributed by atoms with van der Waals surface area (Å²) in [6.45, 7) is 6.47. The summed E-state index contributed by atoms with van der Waals surface area (Å²) >= 11 is 0. The molecule has 3 nitrogen and oxygen atoms in total. The van der Waals surface area contributed by atoms with Crippen LogP contribution in [0.25, 0.3) is 0 Å². The van der Waals surface area contributed by atoms with Crippen LogP contribution in [0.4, 0.5) is 0 Å². The molecular weight excluding hydrogens is 324 g/mol. The molecule has 3 heteroatoms. The van der Waals surface area contributed by atoms with E-state index in [0.717, 1.165) is 31.8 Å². The molecule has 1 aromatic carbocycles. The average molecular weight is 360 g/mol. The Bertz CT molecular complexity index is 515.